The molecule has 0 spiro atoms. The van der Waals surface area contributed by atoms with E-state index in [4.69, 9.17) is 4.74 Å². The Morgan fingerprint density at radius 1 is 1.57 bits per heavy atom. The number of thiol groups is 1. The zero-order valence-electron chi connectivity index (χ0n) is 8.61. The molecule has 0 aliphatic heterocycles. The largest absolute Gasteiger partial charge is 0.376 e. The Hall–Kier alpha value is 0.01000. The molecular weight excluding hydrogens is 212 g/mol. The maximum Gasteiger partial charge on any atom is 0.0809 e. The van der Waals surface area contributed by atoms with Crippen molar-refractivity contribution < 1.29 is 4.74 Å². The van der Waals surface area contributed by atoms with Crippen LogP contribution in [0.15, 0.2) is 17.5 Å². The van der Waals surface area contributed by atoms with Crippen molar-refractivity contribution in [3.63, 3.8) is 0 Å². The maximum atomic E-state index is 5.65. The van der Waals surface area contributed by atoms with Gasteiger partial charge in [-0.1, -0.05) is 19.4 Å². The van der Waals surface area contributed by atoms with Crippen molar-refractivity contribution in [1.82, 2.24) is 0 Å². The van der Waals surface area contributed by atoms with Crippen LogP contribution in [0.5, 0.6) is 0 Å². The minimum atomic E-state index is 0.614. The first-order valence-corrected chi connectivity index (χ1v) is 6.59. The third kappa shape index (κ3) is 4.49. The molecule has 14 heavy (non-hydrogen) atoms. The van der Waals surface area contributed by atoms with Gasteiger partial charge >= 0.3 is 0 Å². The summed E-state index contributed by atoms with van der Waals surface area (Å²) in [7, 11) is 0. The summed E-state index contributed by atoms with van der Waals surface area (Å²) in [5.74, 6) is 1.54. The third-order valence-electron chi connectivity index (χ3n) is 2.13. The zero-order valence-corrected chi connectivity index (χ0v) is 10.3. The monoisotopic (exact) mass is 230 g/mol. The number of thiophene rings is 1. The van der Waals surface area contributed by atoms with Crippen LogP contribution in [0.2, 0.25) is 0 Å². The van der Waals surface area contributed by atoms with Crippen molar-refractivity contribution >= 4 is 24.0 Å². The molecule has 0 radical (unpaired) electrons. The molecule has 3 heteroatoms. The van der Waals surface area contributed by atoms with E-state index >= 15 is 0 Å². The van der Waals surface area contributed by atoms with Crippen LogP contribution in [-0.4, -0.2) is 12.4 Å². The normalized spacial score (nSPS) is 13.0. The van der Waals surface area contributed by atoms with Crippen LogP contribution in [-0.2, 0) is 11.3 Å². The van der Waals surface area contributed by atoms with E-state index in [9.17, 15) is 0 Å². The highest BCUT2D eigenvalue weighted by Gasteiger charge is 2.05. The van der Waals surface area contributed by atoms with Crippen LogP contribution in [0, 0.1) is 5.92 Å². The molecule has 1 atom stereocenters. The highest BCUT2D eigenvalue weighted by Crippen LogP contribution is 2.13. The summed E-state index contributed by atoms with van der Waals surface area (Å²) in [5.41, 5.74) is 0. The van der Waals surface area contributed by atoms with Gasteiger partial charge in [-0.2, -0.15) is 12.6 Å². The van der Waals surface area contributed by atoms with Gasteiger partial charge in [0.2, 0.25) is 0 Å². The highest BCUT2D eigenvalue weighted by molar-refractivity contribution is 7.80. The first-order valence-electron chi connectivity index (χ1n) is 5.07. The summed E-state index contributed by atoms with van der Waals surface area (Å²) in [6.45, 7) is 3.80. The Labute approximate surface area is 95.9 Å². The molecule has 0 fully saturated rings. The summed E-state index contributed by atoms with van der Waals surface area (Å²) in [5, 5.41) is 2.08. The van der Waals surface area contributed by atoms with Crippen LogP contribution < -0.4 is 0 Å². The number of rotatable bonds is 7. The SMILES string of the molecule is CCCC(CS)COCc1cccs1. The fourth-order valence-electron chi connectivity index (χ4n) is 1.36. The van der Waals surface area contributed by atoms with E-state index in [-0.39, 0.29) is 0 Å². The fourth-order valence-corrected chi connectivity index (χ4v) is 2.28. The molecule has 0 aliphatic carbocycles. The molecule has 1 unspecified atom stereocenters. The Balaban J connectivity index is 2.13. The second-order valence-corrected chi connectivity index (χ2v) is 4.83. The average molecular weight is 230 g/mol. The predicted octanol–water partition coefficient (Wildman–Crippen LogP) is 3.61. The van der Waals surface area contributed by atoms with Crippen LogP contribution in [0.25, 0.3) is 0 Å². The van der Waals surface area contributed by atoms with Crippen LogP contribution in [0.4, 0.5) is 0 Å². The van der Waals surface area contributed by atoms with Gasteiger partial charge in [0.15, 0.2) is 0 Å². The van der Waals surface area contributed by atoms with E-state index in [2.05, 4.69) is 37.1 Å². The lowest BCUT2D eigenvalue weighted by Crippen LogP contribution is -2.10. The van der Waals surface area contributed by atoms with Gasteiger partial charge in [-0.3, -0.25) is 0 Å². The molecule has 80 valence electrons. The molecule has 1 nitrogen and oxygen atoms in total. The van der Waals surface area contributed by atoms with Gasteiger partial charge in [-0.05, 0) is 29.5 Å². The second-order valence-electron chi connectivity index (χ2n) is 3.43. The summed E-state index contributed by atoms with van der Waals surface area (Å²) < 4.78 is 5.65. The van der Waals surface area contributed by atoms with Crippen molar-refractivity contribution in [2.75, 3.05) is 12.4 Å². The molecule has 0 aromatic carbocycles. The Morgan fingerprint density at radius 3 is 3.00 bits per heavy atom. The molecule has 0 bridgehead atoms. The van der Waals surface area contributed by atoms with Crippen molar-refractivity contribution in [3.05, 3.63) is 22.4 Å². The summed E-state index contributed by atoms with van der Waals surface area (Å²) >= 11 is 6.07. The van der Waals surface area contributed by atoms with E-state index in [0.717, 1.165) is 19.0 Å². The van der Waals surface area contributed by atoms with Gasteiger partial charge in [-0.25, -0.2) is 0 Å². The van der Waals surface area contributed by atoms with Crippen LogP contribution in [0.3, 0.4) is 0 Å². The molecule has 0 aliphatic rings. The summed E-state index contributed by atoms with van der Waals surface area (Å²) in [6, 6.07) is 4.17. The Kier molecular flexibility index (Phi) is 6.32. The van der Waals surface area contributed by atoms with Gasteiger partial charge < -0.3 is 4.74 Å². The number of ether oxygens (including phenoxy) is 1. The van der Waals surface area contributed by atoms with Crippen molar-refractivity contribution in [2.45, 2.75) is 26.4 Å². The number of hydrogen-bond acceptors (Lipinski definition) is 3. The van der Waals surface area contributed by atoms with Crippen molar-refractivity contribution in [1.29, 1.82) is 0 Å². The fraction of sp³-hybridized carbons (Fsp3) is 0.636. The summed E-state index contributed by atoms with van der Waals surface area (Å²) in [4.78, 5) is 1.31. The standard InChI is InChI=1S/C11H18OS2/c1-2-4-10(9-13)7-12-8-11-5-3-6-14-11/h3,5-6,10,13H,2,4,7-9H2,1H3. The zero-order chi connectivity index (χ0) is 10.2. The molecule has 1 rings (SSSR count). The van der Waals surface area contributed by atoms with Crippen LogP contribution in [0.1, 0.15) is 24.6 Å². The average Bonchev–Trinajstić information content (AvgIpc) is 2.69. The lowest BCUT2D eigenvalue weighted by atomic mass is 10.1. The van der Waals surface area contributed by atoms with Crippen molar-refractivity contribution in [2.24, 2.45) is 5.92 Å². The van der Waals surface area contributed by atoms with E-state index in [1.54, 1.807) is 11.3 Å². The van der Waals surface area contributed by atoms with Crippen LogP contribution >= 0.6 is 24.0 Å². The number of hydrogen-bond donors (Lipinski definition) is 1. The lowest BCUT2D eigenvalue weighted by molar-refractivity contribution is 0.0926. The first-order chi connectivity index (χ1) is 6.86. The van der Waals surface area contributed by atoms with E-state index in [0.29, 0.717) is 5.92 Å². The molecule has 0 N–H and O–H groups in total. The molecular formula is C11H18OS2. The molecule has 0 saturated carbocycles. The van der Waals surface area contributed by atoms with E-state index < -0.39 is 0 Å². The van der Waals surface area contributed by atoms with Gasteiger partial charge in [0.05, 0.1) is 13.2 Å². The third-order valence-corrected chi connectivity index (χ3v) is 3.50. The minimum absolute atomic E-state index is 0.614. The second kappa shape index (κ2) is 7.32. The molecule has 0 saturated heterocycles. The Bertz CT molecular complexity index is 221. The molecule has 1 aromatic heterocycles. The molecule has 1 aromatic rings. The van der Waals surface area contributed by atoms with Gasteiger partial charge in [0, 0.05) is 4.88 Å². The van der Waals surface area contributed by atoms with E-state index in [1.807, 2.05) is 0 Å². The Morgan fingerprint density at radius 2 is 2.43 bits per heavy atom. The highest BCUT2D eigenvalue weighted by atomic mass is 32.1. The minimum Gasteiger partial charge on any atom is -0.376 e. The summed E-state index contributed by atoms with van der Waals surface area (Å²) in [6.07, 6.45) is 2.43. The van der Waals surface area contributed by atoms with Crippen molar-refractivity contribution in [3.8, 4) is 0 Å². The first kappa shape index (κ1) is 12.1. The van der Waals surface area contributed by atoms with Gasteiger partial charge in [0.1, 0.15) is 0 Å². The molecule has 0 amide bonds. The predicted molar refractivity (Wildman–Crippen MR) is 66.2 cm³/mol. The van der Waals surface area contributed by atoms with Gasteiger partial charge in [0.25, 0.3) is 0 Å². The molecule has 1 heterocycles. The van der Waals surface area contributed by atoms with Gasteiger partial charge in [-0.15, -0.1) is 11.3 Å². The topological polar surface area (TPSA) is 9.23 Å². The maximum absolute atomic E-state index is 5.65. The smallest absolute Gasteiger partial charge is 0.0809 e. The lowest BCUT2D eigenvalue weighted by Gasteiger charge is -2.12. The van der Waals surface area contributed by atoms with E-state index in [1.165, 1.54) is 17.7 Å². The quantitative estimate of drug-likeness (QED) is 0.704.